The molecule has 1 aromatic carbocycles. The smallest absolute Gasteiger partial charge is 0.0284 e. The van der Waals surface area contributed by atoms with Gasteiger partial charge in [0.2, 0.25) is 0 Å². The maximum absolute atomic E-state index is 5.65. The van der Waals surface area contributed by atoms with Gasteiger partial charge in [-0.15, -0.1) is 12.4 Å². The highest BCUT2D eigenvalue weighted by atomic mass is 35.5. The first-order valence-corrected chi connectivity index (χ1v) is 6.83. The lowest BCUT2D eigenvalue weighted by atomic mass is 9.97. The maximum atomic E-state index is 5.65. The first-order valence-electron chi connectivity index (χ1n) is 6.83. The first-order chi connectivity index (χ1) is 8.62. The van der Waals surface area contributed by atoms with Gasteiger partial charge in [0.05, 0.1) is 0 Å². The van der Waals surface area contributed by atoms with Crippen LogP contribution in [0.5, 0.6) is 0 Å². The molecule has 0 amide bonds. The molecule has 1 aliphatic rings. The maximum Gasteiger partial charge on any atom is 0.0284 e. The van der Waals surface area contributed by atoms with Crippen molar-refractivity contribution in [3.63, 3.8) is 0 Å². The molecule has 1 fully saturated rings. The molecule has 1 aliphatic heterocycles. The fraction of sp³-hybridized carbons (Fsp3) is 0.600. The normalized spacial score (nSPS) is 19.9. The lowest BCUT2D eigenvalue weighted by Crippen LogP contribution is -2.59. The second-order valence-corrected chi connectivity index (χ2v) is 5.78. The molecule has 2 rings (SSSR count). The van der Waals surface area contributed by atoms with Crippen LogP contribution < -0.4 is 5.73 Å². The second-order valence-electron chi connectivity index (χ2n) is 5.78. The average molecular weight is 284 g/mol. The molecule has 19 heavy (non-hydrogen) atoms. The van der Waals surface area contributed by atoms with Crippen molar-refractivity contribution in [3.8, 4) is 0 Å². The van der Waals surface area contributed by atoms with Crippen LogP contribution in [0.1, 0.15) is 19.4 Å². The summed E-state index contributed by atoms with van der Waals surface area (Å²) in [6.45, 7) is 10.9. The Labute approximate surface area is 123 Å². The SMILES string of the molecule is CC1(C)CN(CCN)CCN1Cc1ccccc1.Cl. The number of hydrogen-bond acceptors (Lipinski definition) is 3. The molecule has 0 aliphatic carbocycles. The molecule has 0 atom stereocenters. The topological polar surface area (TPSA) is 32.5 Å². The number of rotatable bonds is 4. The zero-order valence-corrected chi connectivity index (χ0v) is 12.8. The van der Waals surface area contributed by atoms with E-state index in [0.717, 1.165) is 39.3 Å². The zero-order chi connectivity index (χ0) is 13.0. The Bertz CT molecular complexity index is 367. The molecule has 0 radical (unpaired) electrons. The summed E-state index contributed by atoms with van der Waals surface area (Å²) in [5.74, 6) is 0. The van der Waals surface area contributed by atoms with E-state index in [4.69, 9.17) is 5.73 Å². The molecule has 1 heterocycles. The summed E-state index contributed by atoms with van der Waals surface area (Å²) in [6, 6.07) is 10.7. The average Bonchev–Trinajstić information content (AvgIpc) is 2.34. The Morgan fingerprint density at radius 2 is 1.84 bits per heavy atom. The Morgan fingerprint density at radius 3 is 2.42 bits per heavy atom. The van der Waals surface area contributed by atoms with Crippen molar-refractivity contribution in [3.05, 3.63) is 35.9 Å². The highest BCUT2D eigenvalue weighted by Crippen LogP contribution is 2.22. The van der Waals surface area contributed by atoms with E-state index in [2.05, 4.69) is 54.0 Å². The third-order valence-corrected chi connectivity index (χ3v) is 3.81. The molecule has 4 heteroatoms. The van der Waals surface area contributed by atoms with Gasteiger partial charge in [-0.2, -0.15) is 0 Å². The van der Waals surface area contributed by atoms with Crippen LogP contribution in [0.2, 0.25) is 0 Å². The summed E-state index contributed by atoms with van der Waals surface area (Å²) >= 11 is 0. The molecular weight excluding hydrogens is 258 g/mol. The minimum absolute atomic E-state index is 0. The van der Waals surface area contributed by atoms with Crippen LogP contribution in [0.15, 0.2) is 30.3 Å². The van der Waals surface area contributed by atoms with Gasteiger partial charge in [0.1, 0.15) is 0 Å². The molecule has 0 unspecified atom stereocenters. The molecule has 1 aromatic rings. The van der Waals surface area contributed by atoms with Crippen LogP contribution in [0.4, 0.5) is 0 Å². The van der Waals surface area contributed by atoms with Gasteiger partial charge in [-0.05, 0) is 19.4 Å². The van der Waals surface area contributed by atoms with E-state index in [-0.39, 0.29) is 17.9 Å². The fourth-order valence-corrected chi connectivity index (χ4v) is 2.76. The van der Waals surface area contributed by atoms with Crippen LogP contribution in [0, 0.1) is 0 Å². The van der Waals surface area contributed by atoms with Gasteiger partial charge < -0.3 is 5.73 Å². The van der Waals surface area contributed by atoms with Gasteiger partial charge in [0, 0.05) is 44.8 Å². The number of piperazine rings is 1. The number of benzene rings is 1. The molecule has 2 N–H and O–H groups in total. The monoisotopic (exact) mass is 283 g/mol. The molecule has 0 bridgehead atoms. The van der Waals surface area contributed by atoms with Gasteiger partial charge in [0.15, 0.2) is 0 Å². The number of nitrogens with zero attached hydrogens (tertiary/aromatic N) is 2. The zero-order valence-electron chi connectivity index (χ0n) is 12.0. The number of halogens is 1. The van der Waals surface area contributed by atoms with Crippen molar-refractivity contribution in [1.29, 1.82) is 0 Å². The highest BCUT2D eigenvalue weighted by molar-refractivity contribution is 5.85. The standard InChI is InChI=1S/C15H25N3.ClH/c1-15(2)13-17(9-8-16)10-11-18(15)12-14-6-4-3-5-7-14;/h3-7H,8-13,16H2,1-2H3;1H. The van der Waals surface area contributed by atoms with Gasteiger partial charge >= 0.3 is 0 Å². The molecular formula is C15H26ClN3. The summed E-state index contributed by atoms with van der Waals surface area (Å²) in [5.41, 5.74) is 7.28. The van der Waals surface area contributed by atoms with Crippen molar-refractivity contribution in [1.82, 2.24) is 9.80 Å². The summed E-state index contributed by atoms with van der Waals surface area (Å²) in [7, 11) is 0. The Kier molecular flexibility index (Phi) is 6.27. The Balaban J connectivity index is 0.00000180. The molecule has 108 valence electrons. The summed E-state index contributed by atoms with van der Waals surface area (Å²) in [5, 5.41) is 0. The van der Waals surface area contributed by atoms with E-state index in [1.165, 1.54) is 5.56 Å². The third kappa shape index (κ3) is 4.46. The number of nitrogens with two attached hydrogens (primary N) is 1. The minimum atomic E-state index is 0. The van der Waals surface area contributed by atoms with Crippen LogP contribution >= 0.6 is 12.4 Å². The molecule has 0 saturated carbocycles. The van der Waals surface area contributed by atoms with Gasteiger partial charge in [-0.25, -0.2) is 0 Å². The van der Waals surface area contributed by atoms with Crippen molar-refractivity contribution < 1.29 is 0 Å². The van der Waals surface area contributed by atoms with Crippen LogP contribution in [0.3, 0.4) is 0 Å². The van der Waals surface area contributed by atoms with E-state index in [9.17, 15) is 0 Å². The first kappa shape index (κ1) is 16.4. The summed E-state index contributed by atoms with van der Waals surface area (Å²) in [4.78, 5) is 5.05. The van der Waals surface area contributed by atoms with Gasteiger partial charge in [-0.1, -0.05) is 30.3 Å². The van der Waals surface area contributed by atoms with E-state index in [0.29, 0.717) is 0 Å². The van der Waals surface area contributed by atoms with E-state index < -0.39 is 0 Å². The van der Waals surface area contributed by atoms with E-state index in [1.807, 2.05) is 0 Å². The highest BCUT2D eigenvalue weighted by Gasteiger charge is 2.32. The molecule has 0 aromatic heterocycles. The fourth-order valence-electron chi connectivity index (χ4n) is 2.76. The van der Waals surface area contributed by atoms with E-state index >= 15 is 0 Å². The van der Waals surface area contributed by atoms with Crippen molar-refractivity contribution in [2.24, 2.45) is 5.73 Å². The van der Waals surface area contributed by atoms with Crippen LogP contribution in [0.25, 0.3) is 0 Å². The lowest BCUT2D eigenvalue weighted by Gasteiger charge is -2.47. The minimum Gasteiger partial charge on any atom is -0.329 e. The second kappa shape index (κ2) is 7.25. The predicted octanol–water partition coefficient (Wildman–Crippen LogP) is 1.96. The lowest BCUT2D eigenvalue weighted by molar-refractivity contribution is 0.0153. The Hall–Kier alpha value is -0.610. The summed E-state index contributed by atoms with van der Waals surface area (Å²) in [6.07, 6.45) is 0. The summed E-state index contributed by atoms with van der Waals surface area (Å²) < 4.78 is 0. The van der Waals surface area contributed by atoms with Gasteiger partial charge in [0.25, 0.3) is 0 Å². The predicted molar refractivity (Wildman–Crippen MR) is 83.7 cm³/mol. The van der Waals surface area contributed by atoms with E-state index in [1.54, 1.807) is 0 Å². The van der Waals surface area contributed by atoms with Crippen LogP contribution in [-0.2, 0) is 6.54 Å². The molecule has 0 spiro atoms. The Morgan fingerprint density at radius 1 is 1.16 bits per heavy atom. The quantitative estimate of drug-likeness (QED) is 0.917. The molecule has 1 saturated heterocycles. The van der Waals surface area contributed by atoms with Gasteiger partial charge in [-0.3, -0.25) is 9.80 Å². The van der Waals surface area contributed by atoms with Crippen LogP contribution in [-0.4, -0.2) is 48.1 Å². The molecule has 3 nitrogen and oxygen atoms in total. The third-order valence-electron chi connectivity index (χ3n) is 3.81. The largest absolute Gasteiger partial charge is 0.329 e. The van der Waals surface area contributed by atoms with Crippen molar-refractivity contribution in [2.75, 3.05) is 32.7 Å². The number of hydrogen-bond donors (Lipinski definition) is 1. The van der Waals surface area contributed by atoms with Crippen molar-refractivity contribution >= 4 is 12.4 Å². The van der Waals surface area contributed by atoms with Crippen molar-refractivity contribution in [2.45, 2.75) is 25.9 Å².